The average Bonchev–Trinajstić information content (AvgIpc) is 2.41. The Bertz CT molecular complexity index is 718. The Labute approximate surface area is 148 Å². The van der Waals surface area contributed by atoms with Crippen LogP contribution >= 0.6 is 0 Å². The predicted molar refractivity (Wildman–Crippen MR) is 93.8 cm³/mol. The van der Waals surface area contributed by atoms with Gasteiger partial charge in [0.15, 0.2) is 0 Å². The molecule has 0 bridgehead atoms. The first-order valence-corrected chi connectivity index (χ1v) is 9.39. The van der Waals surface area contributed by atoms with Crippen LogP contribution in [-0.4, -0.2) is 44.6 Å². The van der Waals surface area contributed by atoms with Crippen molar-refractivity contribution in [2.24, 2.45) is 0 Å². The molecule has 0 aliphatic carbocycles. The zero-order chi connectivity index (χ0) is 19.6. The van der Waals surface area contributed by atoms with Gasteiger partial charge in [-0.05, 0) is 45.4 Å². The molecule has 0 aliphatic heterocycles. The van der Waals surface area contributed by atoms with Crippen molar-refractivity contribution in [2.45, 2.75) is 44.8 Å². The van der Waals surface area contributed by atoms with E-state index in [1.165, 1.54) is 51.9 Å². The molecule has 142 valence electrons. The van der Waals surface area contributed by atoms with Gasteiger partial charge >= 0.3 is 0 Å². The number of sulfonamides is 1. The number of halogens is 2. The van der Waals surface area contributed by atoms with Gasteiger partial charge in [-0.2, -0.15) is 0 Å². The third-order valence-corrected chi connectivity index (χ3v) is 6.04. The van der Waals surface area contributed by atoms with Crippen LogP contribution in [0.1, 0.15) is 44.2 Å². The molecule has 0 spiro atoms. The predicted octanol–water partition coefficient (Wildman–Crippen LogP) is 2.55. The number of amides is 1. The van der Waals surface area contributed by atoms with Crippen LogP contribution < -0.4 is 4.72 Å². The second kappa shape index (κ2) is 7.78. The van der Waals surface area contributed by atoms with Crippen LogP contribution in [0, 0.1) is 18.6 Å². The van der Waals surface area contributed by atoms with E-state index in [1.54, 1.807) is 6.92 Å². The molecule has 1 aromatic rings. The van der Waals surface area contributed by atoms with Crippen molar-refractivity contribution < 1.29 is 22.0 Å². The molecule has 5 nitrogen and oxygen atoms in total. The number of nitrogens with one attached hydrogen (secondary N) is 1. The number of aryl methyl sites for hydroxylation is 1. The van der Waals surface area contributed by atoms with Gasteiger partial charge in [0.25, 0.3) is 0 Å². The van der Waals surface area contributed by atoms with Crippen LogP contribution in [-0.2, 0) is 14.8 Å². The first kappa shape index (κ1) is 21.5. The maximum atomic E-state index is 14.3. The second-order valence-electron chi connectivity index (χ2n) is 7.30. The number of nitrogens with zero attached hydrogens (tertiary/aromatic N) is 1. The molecule has 25 heavy (non-hydrogen) atoms. The minimum atomic E-state index is -3.71. The number of benzene rings is 1. The third kappa shape index (κ3) is 5.47. The van der Waals surface area contributed by atoms with Crippen LogP contribution in [0.2, 0.25) is 0 Å². The summed E-state index contributed by atoms with van der Waals surface area (Å²) in [6.07, 6.45) is -0.212. The Morgan fingerprint density at radius 3 is 2.08 bits per heavy atom. The maximum Gasteiger partial charge on any atom is 0.222 e. The number of carbonyl (C=O) groups is 1. The highest BCUT2D eigenvalue weighted by atomic mass is 32.2. The zero-order valence-corrected chi connectivity index (χ0v) is 16.3. The minimum absolute atomic E-state index is 0.212. The molecule has 1 rings (SSSR count). The van der Waals surface area contributed by atoms with E-state index >= 15 is 0 Å². The number of rotatable bonds is 6. The Kier molecular flexibility index (Phi) is 6.69. The molecule has 1 amide bonds. The summed E-state index contributed by atoms with van der Waals surface area (Å²) in [6, 6.07) is 2.34. The Morgan fingerprint density at radius 2 is 1.68 bits per heavy atom. The standard InChI is InChI=1S/C17H26F2N2O3S/c1-11-7-13(18)16(14(19)8-11)12(9-15(22)21(5)6)10-20-25(23,24)17(2,3)4/h7-8,12,20H,9-10H2,1-6H3/t12-/m0/s1. The SMILES string of the molecule is Cc1cc(F)c([C@H](CNS(=O)(=O)C(C)(C)C)CC(=O)N(C)C)c(F)c1. The molecule has 0 aromatic heterocycles. The molecule has 0 aliphatic rings. The molecule has 0 saturated carbocycles. The summed E-state index contributed by atoms with van der Waals surface area (Å²) in [5.41, 5.74) is 0.129. The molecule has 1 aromatic carbocycles. The largest absolute Gasteiger partial charge is 0.349 e. The van der Waals surface area contributed by atoms with Crippen molar-refractivity contribution in [2.75, 3.05) is 20.6 Å². The summed E-state index contributed by atoms with van der Waals surface area (Å²) >= 11 is 0. The normalized spacial score (nSPS) is 13.6. The van der Waals surface area contributed by atoms with Gasteiger partial charge in [0.1, 0.15) is 11.6 Å². The quantitative estimate of drug-likeness (QED) is 0.830. The summed E-state index contributed by atoms with van der Waals surface area (Å²) < 4.78 is 54.4. The highest BCUT2D eigenvalue weighted by Gasteiger charge is 2.31. The molecule has 0 radical (unpaired) electrons. The van der Waals surface area contributed by atoms with Gasteiger partial charge in [0.2, 0.25) is 15.9 Å². The topological polar surface area (TPSA) is 66.5 Å². The zero-order valence-electron chi connectivity index (χ0n) is 15.5. The van der Waals surface area contributed by atoms with Crippen molar-refractivity contribution in [3.05, 3.63) is 34.9 Å². The molecule has 8 heteroatoms. The van der Waals surface area contributed by atoms with E-state index in [-0.39, 0.29) is 24.4 Å². The summed E-state index contributed by atoms with van der Waals surface area (Å²) in [6.45, 7) is 5.83. The van der Waals surface area contributed by atoms with Crippen LogP contribution in [0.3, 0.4) is 0 Å². The molecule has 0 fully saturated rings. The van der Waals surface area contributed by atoms with Gasteiger partial charge in [-0.15, -0.1) is 0 Å². The second-order valence-corrected chi connectivity index (χ2v) is 9.82. The van der Waals surface area contributed by atoms with Crippen LogP contribution in [0.4, 0.5) is 8.78 Å². The third-order valence-electron chi connectivity index (χ3n) is 3.88. The maximum absolute atomic E-state index is 14.3. The van der Waals surface area contributed by atoms with Crippen molar-refractivity contribution in [3.8, 4) is 0 Å². The molecule has 0 heterocycles. The monoisotopic (exact) mass is 376 g/mol. The molecular formula is C17H26F2N2O3S. The fourth-order valence-electron chi connectivity index (χ4n) is 2.20. The summed E-state index contributed by atoms with van der Waals surface area (Å²) in [5, 5.41) is 0. The summed E-state index contributed by atoms with van der Waals surface area (Å²) in [5.74, 6) is -2.88. The number of hydrogen-bond donors (Lipinski definition) is 1. The van der Waals surface area contributed by atoms with Crippen molar-refractivity contribution in [1.29, 1.82) is 0 Å². The van der Waals surface area contributed by atoms with Crippen LogP contribution in [0.5, 0.6) is 0 Å². The molecular weight excluding hydrogens is 350 g/mol. The van der Waals surface area contributed by atoms with Gasteiger partial charge in [0.05, 0.1) is 4.75 Å². The lowest BCUT2D eigenvalue weighted by molar-refractivity contribution is -0.129. The Hall–Kier alpha value is -1.54. The van der Waals surface area contributed by atoms with Gasteiger partial charge in [-0.1, -0.05) is 0 Å². The van der Waals surface area contributed by atoms with Crippen molar-refractivity contribution in [1.82, 2.24) is 9.62 Å². The fraction of sp³-hybridized carbons (Fsp3) is 0.588. The molecule has 0 unspecified atom stereocenters. The van der Waals surface area contributed by atoms with Gasteiger partial charge < -0.3 is 4.90 Å². The first-order valence-electron chi connectivity index (χ1n) is 7.91. The smallest absolute Gasteiger partial charge is 0.222 e. The highest BCUT2D eigenvalue weighted by molar-refractivity contribution is 7.90. The van der Waals surface area contributed by atoms with Crippen molar-refractivity contribution in [3.63, 3.8) is 0 Å². The van der Waals surface area contributed by atoms with Crippen molar-refractivity contribution >= 4 is 15.9 Å². The number of hydrogen-bond acceptors (Lipinski definition) is 3. The Balaban J connectivity index is 3.21. The average molecular weight is 376 g/mol. The van der Waals surface area contributed by atoms with Crippen LogP contribution in [0.15, 0.2) is 12.1 Å². The summed E-state index contributed by atoms with van der Waals surface area (Å²) in [7, 11) is -0.654. The van der Waals surface area contributed by atoms with E-state index < -0.39 is 32.3 Å². The Morgan fingerprint density at radius 1 is 1.20 bits per heavy atom. The fourth-order valence-corrected chi connectivity index (χ4v) is 3.05. The number of carbonyl (C=O) groups excluding carboxylic acids is 1. The van der Waals surface area contributed by atoms with E-state index in [0.717, 1.165) is 0 Å². The highest BCUT2D eigenvalue weighted by Crippen LogP contribution is 2.27. The van der Waals surface area contributed by atoms with Gasteiger partial charge in [-0.3, -0.25) is 4.79 Å². The van der Waals surface area contributed by atoms with E-state index in [2.05, 4.69) is 4.72 Å². The molecule has 1 N–H and O–H groups in total. The van der Waals surface area contributed by atoms with Gasteiger partial charge in [-0.25, -0.2) is 21.9 Å². The van der Waals surface area contributed by atoms with Gasteiger partial charge in [0, 0.05) is 38.5 Å². The molecule has 0 saturated heterocycles. The lowest BCUT2D eigenvalue weighted by Crippen LogP contribution is -2.41. The van der Waals surface area contributed by atoms with Crippen LogP contribution in [0.25, 0.3) is 0 Å². The lowest BCUT2D eigenvalue weighted by Gasteiger charge is -2.24. The lowest BCUT2D eigenvalue weighted by atomic mass is 9.93. The summed E-state index contributed by atoms with van der Waals surface area (Å²) in [4.78, 5) is 13.3. The van der Waals surface area contributed by atoms with E-state index in [9.17, 15) is 22.0 Å². The van der Waals surface area contributed by atoms with E-state index in [4.69, 9.17) is 0 Å². The van der Waals surface area contributed by atoms with E-state index in [1.807, 2.05) is 0 Å². The molecule has 1 atom stereocenters. The van der Waals surface area contributed by atoms with E-state index in [0.29, 0.717) is 5.56 Å². The minimum Gasteiger partial charge on any atom is -0.349 e. The first-order chi connectivity index (χ1) is 11.3.